The molecule has 35 heavy (non-hydrogen) atoms. The standard InChI is InChI=1S/C23H40N3O8P/c24-22-23(12-13-25-21-19(28)18(27)17(34-21)15-33-35(30,31)32)11-9-7-5-3-1-2-4-6-8-10-16(14-23)20(29)26-22/h12-13,16-19,21,25,27-28H,1-11,14-15H2,(H2,24,26,29)(H2,30,31,32)/b13-12-. The number of nitrogens with zero attached hydrogens (tertiary/aromatic N) is 1. The zero-order chi connectivity index (χ0) is 25.5. The fourth-order valence-corrected chi connectivity index (χ4v) is 5.55. The van der Waals surface area contributed by atoms with E-state index in [2.05, 4.69) is 14.8 Å². The lowest BCUT2D eigenvalue weighted by molar-refractivity contribution is -0.123. The van der Waals surface area contributed by atoms with Gasteiger partial charge in [0.2, 0.25) is 0 Å². The van der Waals surface area contributed by atoms with E-state index in [-0.39, 0.29) is 11.8 Å². The monoisotopic (exact) mass is 517 g/mol. The molecule has 6 atom stereocenters. The van der Waals surface area contributed by atoms with Crippen molar-refractivity contribution in [1.82, 2.24) is 5.32 Å². The smallest absolute Gasteiger partial charge is 0.387 e. The molecule has 3 rings (SSSR count). The van der Waals surface area contributed by atoms with Crippen LogP contribution in [0.4, 0.5) is 0 Å². The zero-order valence-corrected chi connectivity index (χ0v) is 21.0. The van der Waals surface area contributed by atoms with Gasteiger partial charge in [0.25, 0.3) is 5.91 Å². The van der Waals surface area contributed by atoms with E-state index in [0.717, 1.165) is 44.9 Å². The minimum Gasteiger partial charge on any atom is -0.387 e. The Hall–Kier alpha value is -1.33. The van der Waals surface area contributed by atoms with Crippen molar-refractivity contribution in [3.8, 4) is 0 Å². The number of carbonyl (C=O) groups is 1. The van der Waals surface area contributed by atoms with E-state index in [9.17, 15) is 19.6 Å². The first-order valence-corrected chi connectivity index (χ1v) is 14.2. The second-order valence-electron chi connectivity index (χ2n) is 9.98. The molecule has 0 aromatic rings. The van der Waals surface area contributed by atoms with Crippen LogP contribution in [0.2, 0.25) is 0 Å². The molecule has 0 aromatic carbocycles. The Balaban J connectivity index is 1.69. The van der Waals surface area contributed by atoms with E-state index < -0.39 is 44.4 Å². The summed E-state index contributed by atoms with van der Waals surface area (Å²) in [6.07, 6.45) is 10.9. The number of phosphoric acid groups is 1. The van der Waals surface area contributed by atoms with Gasteiger partial charge in [0, 0.05) is 11.3 Å². The van der Waals surface area contributed by atoms with Crippen molar-refractivity contribution in [2.45, 2.75) is 102 Å². The number of nitrogens with two attached hydrogens (primary N) is 1. The summed E-state index contributed by atoms with van der Waals surface area (Å²) >= 11 is 0. The van der Waals surface area contributed by atoms with Gasteiger partial charge in [-0.2, -0.15) is 4.99 Å². The van der Waals surface area contributed by atoms with Crippen LogP contribution < -0.4 is 11.1 Å². The normalized spacial score (nSPS) is 36.1. The second-order valence-corrected chi connectivity index (χ2v) is 11.2. The molecule has 1 saturated heterocycles. The van der Waals surface area contributed by atoms with E-state index in [4.69, 9.17) is 20.3 Å². The number of fused-ring (bicyclic) bond motifs is 2. The quantitative estimate of drug-likeness (QED) is 0.284. The van der Waals surface area contributed by atoms with Crippen molar-refractivity contribution in [2.75, 3.05) is 6.61 Å². The molecular formula is C23H40N3O8P. The Labute approximate surface area is 206 Å². The number of aliphatic hydroxyl groups is 2. The van der Waals surface area contributed by atoms with Crippen molar-refractivity contribution < 1.29 is 38.6 Å². The van der Waals surface area contributed by atoms with Gasteiger partial charge in [-0.25, -0.2) is 4.57 Å². The number of phosphoric ester groups is 1. The third-order valence-electron chi connectivity index (χ3n) is 7.31. The molecule has 11 nitrogen and oxygen atoms in total. The number of aliphatic imine (C=N–C) groups is 1. The molecule has 2 aliphatic heterocycles. The molecule has 2 heterocycles. The number of amides is 1. The number of hydrogen-bond donors (Lipinski definition) is 6. The first-order valence-electron chi connectivity index (χ1n) is 12.7. The summed E-state index contributed by atoms with van der Waals surface area (Å²) in [4.78, 5) is 34.5. The topological polar surface area (TPSA) is 184 Å². The summed E-state index contributed by atoms with van der Waals surface area (Å²) in [5.74, 6) is -0.0406. The Morgan fingerprint density at radius 3 is 2.37 bits per heavy atom. The maximum absolute atomic E-state index is 12.6. The van der Waals surface area contributed by atoms with Crippen LogP contribution in [-0.4, -0.2) is 62.9 Å². The molecule has 0 radical (unpaired) electrons. The molecule has 7 N–H and O–H groups in total. The predicted molar refractivity (Wildman–Crippen MR) is 129 cm³/mol. The van der Waals surface area contributed by atoms with Crippen molar-refractivity contribution in [1.29, 1.82) is 0 Å². The highest BCUT2D eigenvalue weighted by atomic mass is 31.2. The first kappa shape index (κ1) is 28.2. The Bertz CT molecular complexity index is 819. The van der Waals surface area contributed by atoms with Crippen LogP contribution >= 0.6 is 7.82 Å². The fourth-order valence-electron chi connectivity index (χ4n) is 5.21. The van der Waals surface area contributed by atoms with E-state index in [1.54, 1.807) is 6.20 Å². The summed E-state index contributed by atoms with van der Waals surface area (Å²) < 4.78 is 20.8. The number of rotatable bonds is 6. The van der Waals surface area contributed by atoms with Crippen LogP contribution in [0.1, 0.15) is 77.0 Å². The molecule has 0 aromatic heterocycles. The molecule has 1 aliphatic carbocycles. The number of amidine groups is 1. The van der Waals surface area contributed by atoms with Crippen LogP contribution in [-0.2, 0) is 18.6 Å². The summed E-state index contributed by atoms with van der Waals surface area (Å²) in [5.41, 5.74) is 5.74. The Morgan fingerprint density at radius 2 is 1.71 bits per heavy atom. The lowest BCUT2D eigenvalue weighted by Gasteiger charge is -2.36. The maximum atomic E-state index is 12.6. The van der Waals surface area contributed by atoms with Gasteiger partial charge in [-0.3, -0.25) is 9.32 Å². The summed E-state index contributed by atoms with van der Waals surface area (Å²) in [5, 5.41) is 23.4. The Kier molecular flexibility index (Phi) is 10.3. The number of nitrogens with one attached hydrogen (secondary N) is 1. The van der Waals surface area contributed by atoms with E-state index in [0.29, 0.717) is 12.3 Å². The first-order chi connectivity index (χ1) is 16.6. The SMILES string of the molecule is NC1=NC(=O)C2CCCCCCCCCCCC1(/C=C\NC1OC(COP(=O)(O)O)C(O)C1O)C2. The lowest BCUT2D eigenvalue weighted by Crippen LogP contribution is -2.44. The Morgan fingerprint density at radius 1 is 1.09 bits per heavy atom. The molecule has 2 bridgehead atoms. The molecule has 3 aliphatic rings. The van der Waals surface area contributed by atoms with E-state index in [1.807, 2.05) is 6.08 Å². The fraction of sp³-hybridized carbons (Fsp3) is 0.826. The van der Waals surface area contributed by atoms with Gasteiger partial charge in [-0.1, -0.05) is 63.9 Å². The van der Waals surface area contributed by atoms with Gasteiger partial charge in [-0.15, -0.1) is 0 Å². The molecule has 6 unspecified atom stereocenters. The van der Waals surface area contributed by atoms with Crippen molar-refractivity contribution >= 4 is 19.6 Å². The van der Waals surface area contributed by atoms with Crippen molar-refractivity contribution in [3.63, 3.8) is 0 Å². The van der Waals surface area contributed by atoms with Gasteiger partial charge in [0.15, 0.2) is 6.23 Å². The number of carbonyl (C=O) groups excluding carboxylic acids is 1. The van der Waals surface area contributed by atoms with E-state index >= 15 is 0 Å². The maximum Gasteiger partial charge on any atom is 0.469 e. The molecule has 200 valence electrons. The van der Waals surface area contributed by atoms with Crippen molar-refractivity contribution in [3.05, 3.63) is 12.3 Å². The van der Waals surface area contributed by atoms with Crippen LogP contribution in [0.3, 0.4) is 0 Å². The average molecular weight is 518 g/mol. The van der Waals surface area contributed by atoms with Crippen LogP contribution in [0, 0.1) is 11.3 Å². The predicted octanol–water partition coefficient (Wildman–Crippen LogP) is 1.84. The second kappa shape index (κ2) is 12.8. The van der Waals surface area contributed by atoms with Crippen molar-refractivity contribution in [2.24, 2.45) is 22.1 Å². The van der Waals surface area contributed by atoms with E-state index in [1.165, 1.54) is 25.7 Å². The van der Waals surface area contributed by atoms with Gasteiger partial charge in [0.05, 0.1) is 6.61 Å². The molecular weight excluding hydrogens is 477 g/mol. The highest BCUT2D eigenvalue weighted by molar-refractivity contribution is 7.46. The van der Waals surface area contributed by atoms with Gasteiger partial charge >= 0.3 is 7.82 Å². The number of aliphatic hydroxyl groups excluding tert-OH is 2. The largest absolute Gasteiger partial charge is 0.469 e. The minimum atomic E-state index is -4.74. The highest BCUT2D eigenvalue weighted by Gasteiger charge is 2.44. The molecule has 2 fully saturated rings. The summed E-state index contributed by atoms with van der Waals surface area (Å²) in [6.45, 7) is -0.572. The van der Waals surface area contributed by atoms with Gasteiger partial charge in [0.1, 0.15) is 24.1 Å². The van der Waals surface area contributed by atoms with Gasteiger partial charge < -0.3 is 35.8 Å². The molecule has 0 spiro atoms. The molecule has 1 amide bonds. The molecule has 1 saturated carbocycles. The van der Waals surface area contributed by atoms with Gasteiger partial charge in [-0.05, 0) is 25.5 Å². The highest BCUT2D eigenvalue weighted by Crippen LogP contribution is 2.40. The molecule has 12 heteroatoms. The number of ether oxygens (including phenoxy) is 1. The van der Waals surface area contributed by atoms with Crippen LogP contribution in [0.5, 0.6) is 0 Å². The van der Waals surface area contributed by atoms with Crippen LogP contribution in [0.15, 0.2) is 17.3 Å². The average Bonchev–Trinajstić information content (AvgIpc) is 3.06. The zero-order valence-electron chi connectivity index (χ0n) is 20.1. The number of hydrogen-bond acceptors (Lipinski definition) is 8. The van der Waals surface area contributed by atoms with Crippen LogP contribution in [0.25, 0.3) is 0 Å². The summed E-state index contributed by atoms with van der Waals surface area (Å²) in [6, 6.07) is 0. The minimum absolute atomic E-state index is 0.155. The lowest BCUT2D eigenvalue weighted by atomic mass is 9.71. The summed E-state index contributed by atoms with van der Waals surface area (Å²) in [7, 11) is -4.74. The third-order valence-corrected chi connectivity index (χ3v) is 7.79. The third kappa shape index (κ3) is 8.08.